The molecule has 130 valence electrons. The maximum atomic E-state index is 12.5. The van der Waals surface area contributed by atoms with E-state index in [0.29, 0.717) is 0 Å². The highest BCUT2D eigenvalue weighted by molar-refractivity contribution is 5.82. The second kappa shape index (κ2) is 6.80. The highest BCUT2D eigenvalue weighted by atomic mass is 16.2. The van der Waals surface area contributed by atoms with Crippen LogP contribution in [0.3, 0.4) is 0 Å². The van der Waals surface area contributed by atoms with E-state index in [1.165, 1.54) is 6.07 Å². The summed E-state index contributed by atoms with van der Waals surface area (Å²) in [7, 11) is 3.58. The molecule has 0 saturated carbocycles. The number of aromatic nitrogens is 3. The first-order chi connectivity index (χ1) is 12.0. The SMILES string of the molecule is CC(c1cnn(C)c1)N(C)C(=O)NCc1cc(=O)[nH]c2ccccc12. The zero-order valence-electron chi connectivity index (χ0n) is 14.5. The van der Waals surface area contributed by atoms with Crippen LogP contribution < -0.4 is 10.9 Å². The highest BCUT2D eigenvalue weighted by Crippen LogP contribution is 2.18. The average molecular weight is 339 g/mol. The van der Waals surface area contributed by atoms with Crippen molar-refractivity contribution >= 4 is 16.9 Å². The molecule has 2 amide bonds. The van der Waals surface area contributed by atoms with Crippen LogP contribution in [0.15, 0.2) is 47.5 Å². The van der Waals surface area contributed by atoms with E-state index in [-0.39, 0.29) is 24.2 Å². The summed E-state index contributed by atoms with van der Waals surface area (Å²) in [5, 5.41) is 7.94. The quantitative estimate of drug-likeness (QED) is 0.764. The number of carbonyl (C=O) groups excluding carboxylic acids is 1. The smallest absolute Gasteiger partial charge is 0.317 e. The standard InChI is InChI=1S/C18H21N5O2/c1-12(14-10-20-22(2)11-14)23(3)18(25)19-9-13-8-17(24)21-16-7-5-4-6-15(13)16/h4-8,10-12H,9H2,1-3H3,(H,19,25)(H,21,24). The minimum Gasteiger partial charge on any atom is -0.334 e. The van der Waals surface area contributed by atoms with Crippen molar-refractivity contribution in [3.8, 4) is 0 Å². The van der Waals surface area contributed by atoms with Crippen LogP contribution in [0.4, 0.5) is 4.79 Å². The van der Waals surface area contributed by atoms with Gasteiger partial charge in [-0.15, -0.1) is 0 Å². The fourth-order valence-electron chi connectivity index (χ4n) is 2.77. The van der Waals surface area contributed by atoms with Gasteiger partial charge in [0.25, 0.3) is 0 Å². The van der Waals surface area contributed by atoms with Gasteiger partial charge in [-0.25, -0.2) is 4.79 Å². The second-order valence-electron chi connectivity index (χ2n) is 6.10. The molecule has 7 heteroatoms. The lowest BCUT2D eigenvalue weighted by Crippen LogP contribution is -2.38. The minimum atomic E-state index is -0.208. The lowest BCUT2D eigenvalue weighted by atomic mass is 10.1. The molecule has 25 heavy (non-hydrogen) atoms. The molecule has 3 rings (SSSR count). The lowest BCUT2D eigenvalue weighted by Gasteiger charge is -2.24. The monoisotopic (exact) mass is 339 g/mol. The number of urea groups is 1. The van der Waals surface area contributed by atoms with Crippen LogP contribution in [0, 0.1) is 0 Å². The number of H-pyrrole nitrogens is 1. The van der Waals surface area contributed by atoms with E-state index in [0.717, 1.165) is 22.0 Å². The van der Waals surface area contributed by atoms with Gasteiger partial charge >= 0.3 is 6.03 Å². The van der Waals surface area contributed by atoms with Crippen molar-refractivity contribution in [2.45, 2.75) is 19.5 Å². The average Bonchev–Trinajstić information content (AvgIpc) is 3.04. The molecule has 0 aliphatic rings. The summed E-state index contributed by atoms with van der Waals surface area (Å²) in [6.07, 6.45) is 3.64. The van der Waals surface area contributed by atoms with Crippen LogP contribution in [0.2, 0.25) is 0 Å². The van der Waals surface area contributed by atoms with Crippen LogP contribution in [-0.2, 0) is 13.6 Å². The molecule has 7 nitrogen and oxygen atoms in total. The van der Waals surface area contributed by atoms with Gasteiger partial charge in [0.05, 0.1) is 12.2 Å². The molecule has 0 aliphatic carbocycles. The number of pyridine rings is 1. The molecule has 2 aromatic heterocycles. The number of nitrogens with zero attached hydrogens (tertiary/aromatic N) is 3. The molecule has 2 N–H and O–H groups in total. The third-order valence-electron chi connectivity index (χ3n) is 4.37. The number of aryl methyl sites for hydroxylation is 1. The molecular weight excluding hydrogens is 318 g/mol. The number of para-hydroxylation sites is 1. The number of benzene rings is 1. The van der Waals surface area contributed by atoms with Crippen molar-refractivity contribution < 1.29 is 4.79 Å². The van der Waals surface area contributed by atoms with E-state index >= 15 is 0 Å². The van der Waals surface area contributed by atoms with Gasteiger partial charge < -0.3 is 15.2 Å². The van der Waals surface area contributed by atoms with Crippen molar-refractivity contribution in [3.05, 3.63) is 64.2 Å². The number of aromatic amines is 1. The molecule has 3 aromatic rings. The first kappa shape index (κ1) is 16.8. The predicted molar refractivity (Wildman–Crippen MR) is 96.2 cm³/mol. The Morgan fingerprint density at radius 2 is 2.16 bits per heavy atom. The molecule has 1 aromatic carbocycles. The maximum absolute atomic E-state index is 12.5. The Morgan fingerprint density at radius 1 is 1.40 bits per heavy atom. The van der Waals surface area contributed by atoms with E-state index in [1.807, 2.05) is 44.4 Å². The Bertz CT molecular complexity index is 959. The minimum absolute atomic E-state index is 0.107. The molecule has 0 saturated heterocycles. The van der Waals surface area contributed by atoms with E-state index < -0.39 is 0 Å². The second-order valence-corrected chi connectivity index (χ2v) is 6.10. The van der Waals surface area contributed by atoms with Crippen LogP contribution in [0.1, 0.15) is 24.1 Å². The van der Waals surface area contributed by atoms with E-state index in [4.69, 9.17) is 0 Å². The van der Waals surface area contributed by atoms with Crippen molar-refractivity contribution in [2.75, 3.05) is 7.05 Å². The van der Waals surface area contributed by atoms with Crippen molar-refractivity contribution in [1.29, 1.82) is 0 Å². The van der Waals surface area contributed by atoms with E-state index in [1.54, 1.807) is 22.8 Å². The highest BCUT2D eigenvalue weighted by Gasteiger charge is 2.18. The fourth-order valence-corrected chi connectivity index (χ4v) is 2.77. The Labute approximate surface area is 145 Å². The largest absolute Gasteiger partial charge is 0.334 e. The molecule has 0 radical (unpaired) electrons. The van der Waals surface area contributed by atoms with Gasteiger partial charge in [-0.1, -0.05) is 18.2 Å². The summed E-state index contributed by atoms with van der Waals surface area (Å²) < 4.78 is 1.71. The first-order valence-electron chi connectivity index (χ1n) is 8.06. The van der Waals surface area contributed by atoms with Gasteiger partial charge in [0.2, 0.25) is 5.56 Å². The van der Waals surface area contributed by atoms with Gasteiger partial charge in [-0.3, -0.25) is 9.48 Å². The molecular formula is C18H21N5O2. The number of hydrogen-bond acceptors (Lipinski definition) is 3. The third-order valence-corrected chi connectivity index (χ3v) is 4.37. The molecule has 0 spiro atoms. The molecule has 1 unspecified atom stereocenters. The van der Waals surface area contributed by atoms with Crippen LogP contribution in [0.25, 0.3) is 10.9 Å². The van der Waals surface area contributed by atoms with Crippen molar-refractivity contribution in [1.82, 2.24) is 25.0 Å². The summed E-state index contributed by atoms with van der Waals surface area (Å²) in [5.74, 6) is 0. The first-order valence-corrected chi connectivity index (χ1v) is 8.06. The van der Waals surface area contributed by atoms with Gasteiger partial charge in [0.1, 0.15) is 0 Å². The van der Waals surface area contributed by atoms with Crippen LogP contribution >= 0.6 is 0 Å². The Morgan fingerprint density at radius 3 is 2.88 bits per heavy atom. The lowest BCUT2D eigenvalue weighted by molar-refractivity contribution is 0.194. The fraction of sp³-hybridized carbons (Fsp3) is 0.278. The summed E-state index contributed by atoms with van der Waals surface area (Å²) >= 11 is 0. The molecule has 0 bridgehead atoms. The number of nitrogens with one attached hydrogen (secondary N) is 2. The van der Waals surface area contributed by atoms with Crippen molar-refractivity contribution in [3.63, 3.8) is 0 Å². The Hall–Kier alpha value is -3.09. The summed E-state index contributed by atoms with van der Waals surface area (Å²) in [6, 6.07) is 8.75. The molecule has 2 heterocycles. The Kier molecular flexibility index (Phi) is 4.56. The predicted octanol–water partition coefficient (Wildman–Crippen LogP) is 2.16. The molecule has 1 atom stereocenters. The number of amides is 2. The normalized spacial score (nSPS) is 12.1. The zero-order valence-corrected chi connectivity index (χ0v) is 14.5. The summed E-state index contributed by atoms with van der Waals surface area (Å²) in [4.78, 5) is 28.7. The van der Waals surface area contributed by atoms with Gasteiger partial charge in [-0.2, -0.15) is 5.10 Å². The van der Waals surface area contributed by atoms with E-state index in [9.17, 15) is 9.59 Å². The molecule has 0 fully saturated rings. The summed E-state index contributed by atoms with van der Waals surface area (Å²) in [5.41, 5.74) is 2.33. The number of hydrogen-bond donors (Lipinski definition) is 2. The van der Waals surface area contributed by atoms with E-state index in [2.05, 4.69) is 15.4 Å². The van der Waals surface area contributed by atoms with Gasteiger partial charge in [-0.05, 0) is 18.6 Å². The van der Waals surface area contributed by atoms with Gasteiger partial charge in [0, 0.05) is 49.4 Å². The number of fused-ring (bicyclic) bond motifs is 1. The zero-order chi connectivity index (χ0) is 18.0. The number of carbonyl (C=O) groups is 1. The van der Waals surface area contributed by atoms with Crippen LogP contribution in [0.5, 0.6) is 0 Å². The topological polar surface area (TPSA) is 83.0 Å². The molecule has 0 aliphatic heterocycles. The maximum Gasteiger partial charge on any atom is 0.317 e. The van der Waals surface area contributed by atoms with Gasteiger partial charge in [0.15, 0.2) is 0 Å². The van der Waals surface area contributed by atoms with Crippen molar-refractivity contribution in [2.24, 2.45) is 7.05 Å². The van der Waals surface area contributed by atoms with Crippen LogP contribution in [-0.4, -0.2) is 32.7 Å². The third kappa shape index (κ3) is 3.55. The summed E-state index contributed by atoms with van der Waals surface area (Å²) in [6.45, 7) is 2.23. The Balaban J connectivity index is 1.73. The number of rotatable bonds is 4.